The van der Waals surface area contributed by atoms with Gasteiger partial charge in [-0.2, -0.15) is 0 Å². The summed E-state index contributed by atoms with van der Waals surface area (Å²) in [7, 11) is 0. The fraction of sp³-hybridized carbons (Fsp3) is 0.111. The Kier molecular flexibility index (Phi) is 6.46. The maximum absolute atomic E-state index is 6.93. The van der Waals surface area contributed by atoms with Crippen LogP contribution >= 0.6 is 0 Å². The molecule has 0 radical (unpaired) electrons. The van der Waals surface area contributed by atoms with Crippen LogP contribution in [0.25, 0.3) is 99.5 Å². The van der Waals surface area contributed by atoms with E-state index >= 15 is 0 Å². The minimum Gasteiger partial charge on any atom is -0.455 e. The molecule has 3 heteroatoms. The van der Waals surface area contributed by atoms with Crippen molar-refractivity contribution in [1.82, 2.24) is 9.97 Å². The van der Waals surface area contributed by atoms with Crippen molar-refractivity contribution in [3.8, 4) is 55.8 Å². The van der Waals surface area contributed by atoms with Crippen molar-refractivity contribution in [2.24, 2.45) is 0 Å². The first-order valence-corrected chi connectivity index (χ1v) is 19.9. The standard InChI is InChI=1S/C54H38N2O/c1-53(2)41-19-11-9-17-37(41)48-43(53)29-40(47-39-18-10-13-21-45(39)57-52(47)48)35-25-26-38(46-36-16-8-12-20-42(36)54(3,4)49(35)46)44-27-24-32-22-23-33-28-34(31-14-6-5-7-15-31)30-55-50(33)51(32)56-44/h5-30H,1-4H3. The third kappa shape index (κ3) is 4.37. The first-order chi connectivity index (χ1) is 27.8. The van der Waals surface area contributed by atoms with Gasteiger partial charge in [-0.1, -0.05) is 155 Å². The summed E-state index contributed by atoms with van der Waals surface area (Å²) >= 11 is 0. The second-order valence-corrected chi connectivity index (χ2v) is 16.9. The molecule has 7 aromatic carbocycles. The number of para-hydroxylation sites is 1. The number of nitrogens with zero attached hydrogens (tertiary/aromatic N) is 2. The molecule has 0 N–H and O–H groups in total. The molecule has 0 amide bonds. The van der Waals surface area contributed by atoms with Crippen molar-refractivity contribution >= 4 is 43.7 Å². The van der Waals surface area contributed by atoms with E-state index in [0.29, 0.717) is 0 Å². The maximum atomic E-state index is 6.93. The van der Waals surface area contributed by atoms with Crippen LogP contribution < -0.4 is 0 Å². The molecule has 0 saturated heterocycles. The van der Waals surface area contributed by atoms with E-state index in [9.17, 15) is 0 Å². The number of rotatable bonds is 3. The molecule has 3 nitrogen and oxygen atoms in total. The van der Waals surface area contributed by atoms with Gasteiger partial charge in [-0.25, -0.2) is 4.98 Å². The zero-order chi connectivity index (χ0) is 38.2. The van der Waals surface area contributed by atoms with Gasteiger partial charge in [0.2, 0.25) is 0 Å². The Morgan fingerprint density at radius 3 is 1.96 bits per heavy atom. The van der Waals surface area contributed by atoms with Crippen molar-refractivity contribution in [3.63, 3.8) is 0 Å². The van der Waals surface area contributed by atoms with E-state index < -0.39 is 0 Å². The molecule has 0 unspecified atom stereocenters. The molecule has 0 atom stereocenters. The van der Waals surface area contributed by atoms with Gasteiger partial charge in [0.1, 0.15) is 11.2 Å². The van der Waals surface area contributed by atoms with Crippen LogP contribution in [0.4, 0.5) is 0 Å². The molecule has 12 rings (SSSR count). The molecule has 2 aliphatic rings. The van der Waals surface area contributed by atoms with Crippen LogP contribution in [-0.4, -0.2) is 9.97 Å². The second kappa shape index (κ2) is 11.4. The smallest absolute Gasteiger partial charge is 0.144 e. The average molecular weight is 731 g/mol. The predicted molar refractivity (Wildman–Crippen MR) is 236 cm³/mol. The lowest BCUT2D eigenvalue weighted by Gasteiger charge is -2.27. The Labute approximate surface area is 331 Å². The molecular weight excluding hydrogens is 693 g/mol. The van der Waals surface area contributed by atoms with Crippen LogP contribution in [0, 0.1) is 0 Å². The second-order valence-electron chi connectivity index (χ2n) is 16.9. The van der Waals surface area contributed by atoms with Crippen molar-refractivity contribution < 1.29 is 4.42 Å². The van der Waals surface area contributed by atoms with E-state index in [4.69, 9.17) is 14.4 Å². The average Bonchev–Trinajstić information content (AvgIpc) is 3.83. The van der Waals surface area contributed by atoms with Crippen LogP contribution in [0.2, 0.25) is 0 Å². The highest BCUT2D eigenvalue weighted by molar-refractivity contribution is 6.19. The van der Waals surface area contributed by atoms with Gasteiger partial charge >= 0.3 is 0 Å². The number of hydrogen-bond donors (Lipinski definition) is 0. The molecule has 3 aromatic heterocycles. The molecule has 0 fully saturated rings. The van der Waals surface area contributed by atoms with E-state index in [0.717, 1.165) is 60.7 Å². The number of fused-ring (bicyclic) bond motifs is 13. The zero-order valence-electron chi connectivity index (χ0n) is 32.3. The van der Waals surface area contributed by atoms with Gasteiger partial charge in [-0.15, -0.1) is 0 Å². The van der Waals surface area contributed by atoms with E-state index in [1.165, 1.54) is 61.0 Å². The van der Waals surface area contributed by atoms with Crippen LogP contribution in [0.3, 0.4) is 0 Å². The van der Waals surface area contributed by atoms with Gasteiger partial charge in [-0.3, -0.25) is 4.98 Å². The van der Waals surface area contributed by atoms with Gasteiger partial charge in [0.25, 0.3) is 0 Å². The maximum Gasteiger partial charge on any atom is 0.144 e. The molecule has 57 heavy (non-hydrogen) atoms. The highest BCUT2D eigenvalue weighted by Crippen LogP contribution is 2.59. The number of furan rings is 1. The quantitative estimate of drug-likeness (QED) is 0.170. The van der Waals surface area contributed by atoms with Crippen LogP contribution in [0.15, 0.2) is 162 Å². The summed E-state index contributed by atoms with van der Waals surface area (Å²) in [5.41, 5.74) is 20.4. The third-order valence-electron chi connectivity index (χ3n) is 13.1. The summed E-state index contributed by atoms with van der Waals surface area (Å²) in [4.78, 5) is 10.5. The summed E-state index contributed by atoms with van der Waals surface area (Å²) in [6.07, 6.45) is 1.98. The monoisotopic (exact) mass is 730 g/mol. The highest BCUT2D eigenvalue weighted by atomic mass is 16.3. The SMILES string of the molecule is CC1(C)c2ccccc2-c2c1cc(-c1ccc(-c3ccc4ccc5cc(-c6ccccc6)cnc5c4n3)c3c1C(C)(C)c1ccccc1-3)c1c2oc2ccccc21. The summed E-state index contributed by atoms with van der Waals surface area (Å²) < 4.78 is 6.93. The largest absolute Gasteiger partial charge is 0.455 e. The fourth-order valence-electron chi connectivity index (χ4n) is 10.3. The lowest BCUT2D eigenvalue weighted by Crippen LogP contribution is -2.17. The van der Waals surface area contributed by atoms with Crippen LogP contribution in [0.5, 0.6) is 0 Å². The summed E-state index contributed by atoms with van der Waals surface area (Å²) in [5, 5.41) is 4.48. The van der Waals surface area contributed by atoms with Crippen LogP contribution in [-0.2, 0) is 10.8 Å². The minimum absolute atomic E-state index is 0.191. The van der Waals surface area contributed by atoms with Crippen LogP contribution in [0.1, 0.15) is 49.9 Å². The van der Waals surface area contributed by atoms with Gasteiger partial charge in [0.15, 0.2) is 0 Å². The van der Waals surface area contributed by atoms with E-state index in [1.807, 2.05) is 12.3 Å². The molecule has 2 aliphatic carbocycles. The molecule has 0 bridgehead atoms. The molecule has 3 heterocycles. The van der Waals surface area contributed by atoms with Gasteiger partial charge in [0, 0.05) is 55.3 Å². The number of aromatic nitrogens is 2. The van der Waals surface area contributed by atoms with E-state index in [2.05, 4.69) is 173 Å². The fourth-order valence-corrected chi connectivity index (χ4v) is 10.3. The van der Waals surface area contributed by atoms with Crippen molar-refractivity contribution in [1.29, 1.82) is 0 Å². The third-order valence-corrected chi connectivity index (χ3v) is 13.1. The normalized spacial score (nSPS) is 14.6. The zero-order valence-corrected chi connectivity index (χ0v) is 32.3. The predicted octanol–water partition coefficient (Wildman–Crippen LogP) is 14.3. The van der Waals surface area contributed by atoms with Crippen molar-refractivity contribution in [2.75, 3.05) is 0 Å². The summed E-state index contributed by atoms with van der Waals surface area (Å²) in [6.45, 7) is 9.49. The summed E-state index contributed by atoms with van der Waals surface area (Å²) in [5.74, 6) is 0. The molecule has 0 spiro atoms. The first-order valence-electron chi connectivity index (χ1n) is 19.9. The molecule has 0 aliphatic heterocycles. The van der Waals surface area contributed by atoms with E-state index in [-0.39, 0.29) is 10.8 Å². The van der Waals surface area contributed by atoms with Crippen molar-refractivity contribution in [2.45, 2.75) is 38.5 Å². The first kappa shape index (κ1) is 32.4. The van der Waals surface area contributed by atoms with Gasteiger partial charge < -0.3 is 4.42 Å². The van der Waals surface area contributed by atoms with E-state index in [1.54, 1.807) is 0 Å². The number of pyridine rings is 2. The Hall–Kier alpha value is -6.84. The number of hydrogen-bond acceptors (Lipinski definition) is 3. The highest BCUT2D eigenvalue weighted by Gasteiger charge is 2.42. The van der Waals surface area contributed by atoms with Crippen molar-refractivity contribution in [3.05, 3.63) is 180 Å². The minimum atomic E-state index is -0.278. The summed E-state index contributed by atoms with van der Waals surface area (Å²) in [6, 6.07) is 54.9. The van der Waals surface area contributed by atoms with Gasteiger partial charge in [-0.05, 0) is 79.9 Å². The van der Waals surface area contributed by atoms with Gasteiger partial charge in [0.05, 0.1) is 16.7 Å². The Morgan fingerprint density at radius 2 is 1.14 bits per heavy atom. The lowest BCUT2D eigenvalue weighted by molar-refractivity contribution is 0.652. The lowest BCUT2D eigenvalue weighted by atomic mass is 9.76. The Morgan fingerprint density at radius 1 is 0.474 bits per heavy atom. The topological polar surface area (TPSA) is 38.9 Å². The molecular formula is C54H38N2O. The molecule has 270 valence electrons. The number of benzene rings is 7. The Balaban J connectivity index is 1.14. The Bertz CT molecular complexity index is 3350. The molecule has 10 aromatic rings. The molecule has 0 saturated carbocycles.